The van der Waals surface area contributed by atoms with Crippen LogP contribution in [0, 0.1) is 0 Å². The molecular weight excluding hydrogens is 420 g/mol. The maximum atomic E-state index is 13.1. The molecule has 9 heteroatoms. The number of carbonyl (C=O) groups is 1. The number of nitrogens with zero attached hydrogens (tertiary/aromatic N) is 2. The number of phenolic OH excluding ortho intramolecular Hbond substituents is 2. The van der Waals surface area contributed by atoms with Crippen LogP contribution in [-0.4, -0.2) is 39.2 Å². The number of nitrogens with one attached hydrogen (secondary N) is 2. The Bertz CT molecular complexity index is 1020. The van der Waals surface area contributed by atoms with Crippen LogP contribution in [-0.2, 0) is 4.79 Å². The zero-order chi connectivity index (χ0) is 20.9. The molecule has 7 nitrogen and oxygen atoms in total. The van der Waals surface area contributed by atoms with Crippen LogP contribution in [0.5, 0.6) is 11.5 Å². The highest BCUT2D eigenvalue weighted by Gasteiger charge is 2.37. The number of hydrazine groups is 1. The largest absolute Gasteiger partial charge is 0.508 e. The van der Waals surface area contributed by atoms with Gasteiger partial charge in [0.2, 0.25) is 0 Å². The smallest absolute Gasteiger partial charge is 0.275 e. The number of rotatable bonds is 7. The molecule has 1 aliphatic rings. The molecule has 154 valence electrons. The first-order chi connectivity index (χ1) is 14.6. The molecule has 30 heavy (non-hydrogen) atoms. The van der Waals surface area contributed by atoms with E-state index in [-0.39, 0.29) is 22.8 Å². The zero-order valence-electron chi connectivity index (χ0n) is 15.9. The van der Waals surface area contributed by atoms with Gasteiger partial charge in [0.15, 0.2) is 5.13 Å². The number of aromatic nitrogens is 1. The summed E-state index contributed by atoms with van der Waals surface area (Å²) >= 11 is 2.96. The monoisotopic (exact) mass is 440 g/mol. The van der Waals surface area contributed by atoms with Gasteiger partial charge in [-0.15, -0.1) is 11.3 Å². The summed E-state index contributed by atoms with van der Waals surface area (Å²) in [5.41, 5.74) is 4.95. The topological polar surface area (TPSA) is 97.7 Å². The van der Waals surface area contributed by atoms with Crippen LogP contribution in [0.1, 0.15) is 16.5 Å². The molecule has 1 amide bonds. The highest BCUT2D eigenvalue weighted by atomic mass is 32.2. The lowest BCUT2D eigenvalue weighted by molar-refractivity contribution is -0.129. The molecule has 0 radical (unpaired) electrons. The molecule has 1 fully saturated rings. The van der Waals surface area contributed by atoms with E-state index >= 15 is 0 Å². The Morgan fingerprint density at radius 1 is 1.03 bits per heavy atom. The Labute approximate surface area is 182 Å². The fourth-order valence-electron chi connectivity index (χ4n) is 2.93. The molecule has 0 spiro atoms. The number of thioether (sulfide) groups is 1. The summed E-state index contributed by atoms with van der Waals surface area (Å²) in [5.74, 6) is 0.237. The van der Waals surface area contributed by atoms with Crippen LogP contribution in [0.3, 0.4) is 0 Å². The highest BCUT2D eigenvalue weighted by molar-refractivity contribution is 8.04. The molecule has 2 heterocycles. The molecule has 3 aromatic rings. The lowest BCUT2D eigenvalue weighted by Crippen LogP contribution is -2.42. The van der Waals surface area contributed by atoms with Crippen LogP contribution in [0.15, 0.2) is 65.0 Å². The Morgan fingerprint density at radius 3 is 2.40 bits per heavy atom. The number of carbonyl (C=O) groups excluding carboxylic acids is 1. The average molecular weight is 441 g/mol. The summed E-state index contributed by atoms with van der Waals surface area (Å²) in [6.07, 6.45) is 3.55. The summed E-state index contributed by atoms with van der Waals surface area (Å²) in [7, 11) is 0. The second-order valence-electron chi connectivity index (χ2n) is 6.51. The number of benzene rings is 2. The summed E-state index contributed by atoms with van der Waals surface area (Å²) in [4.78, 5) is 17.9. The zero-order valence-corrected chi connectivity index (χ0v) is 17.5. The van der Waals surface area contributed by atoms with E-state index in [0.29, 0.717) is 18.0 Å². The van der Waals surface area contributed by atoms with Gasteiger partial charge in [-0.2, -0.15) is 0 Å². The van der Waals surface area contributed by atoms with Gasteiger partial charge in [0, 0.05) is 24.7 Å². The van der Waals surface area contributed by atoms with Crippen molar-refractivity contribution >= 4 is 40.2 Å². The van der Waals surface area contributed by atoms with E-state index in [1.165, 1.54) is 23.1 Å². The van der Waals surface area contributed by atoms with Gasteiger partial charge in [0.05, 0.1) is 4.91 Å². The van der Waals surface area contributed by atoms with E-state index < -0.39 is 0 Å². The van der Waals surface area contributed by atoms with Crippen molar-refractivity contribution in [3.05, 3.63) is 76.1 Å². The summed E-state index contributed by atoms with van der Waals surface area (Å²) in [6.45, 7) is 1.15. The first-order valence-corrected chi connectivity index (χ1v) is 11.0. The van der Waals surface area contributed by atoms with E-state index in [1.807, 2.05) is 23.6 Å². The van der Waals surface area contributed by atoms with E-state index in [1.54, 1.807) is 47.6 Å². The SMILES string of the molecule is O=C1/C(=C\c2ccc(O)cc2)SC(c2ccc(O)cc2)N1NCCNc1nccs1. The highest BCUT2D eigenvalue weighted by Crippen LogP contribution is 2.45. The minimum atomic E-state index is -0.263. The lowest BCUT2D eigenvalue weighted by Gasteiger charge is -2.24. The molecule has 0 aliphatic carbocycles. The number of amides is 1. The minimum Gasteiger partial charge on any atom is -0.508 e. The molecular formula is C21H20N4O3S2. The van der Waals surface area contributed by atoms with Crippen LogP contribution in [0.2, 0.25) is 0 Å². The van der Waals surface area contributed by atoms with Gasteiger partial charge in [-0.3, -0.25) is 9.80 Å². The molecule has 0 saturated carbocycles. The number of hydrogen-bond donors (Lipinski definition) is 4. The van der Waals surface area contributed by atoms with Crippen molar-refractivity contribution < 1.29 is 15.0 Å². The third-order valence-corrected chi connectivity index (χ3v) is 6.37. The van der Waals surface area contributed by atoms with Crippen LogP contribution >= 0.6 is 23.1 Å². The summed E-state index contributed by atoms with van der Waals surface area (Å²) in [6, 6.07) is 13.6. The van der Waals surface area contributed by atoms with Crippen molar-refractivity contribution in [3.63, 3.8) is 0 Å². The van der Waals surface area contributed by atoms with Crippen LogP contribution in [0.25, 0.3) is 6.08 Å². The van der Waals surface area contributed by atoms with Gasteiger partial charge in [-0.25, -0.2) is 10.4 Å². The van der Waals surface area contributed by atoms with Crippen molar-refractivity contribution in [1.29, 1.82) is 0 Å². The average Bonchev–Trinajstić information content (AvgIpc) is 3.37. The van der Waals surface area contributed by atoms with Gasteiger partial charge in [-0.1, -0.05) is 36.0 Å². The predicted octanol–water partition coefficient (Wildman–Crippen LogP) is 3.79. The number of aromatic hydroxyl groups is 2. The number of anilines is 1. The van der Waals surface area contributed by atoms with E-state index in [9.17, 15) is 15.0 Å². The molecule has 2 aromatic carbocycles. The fraction of sp³-hybridized carbons (Fsp3) is 0.143. The standard InChI is InChI=1S/C21H20N4O3S2/c26-16-5-1-14(2-6-16)13-18-19(28)25(24-10-9-22-21-23-11-12-29-21)20(30-18)15-3-7-17(27)8-4-15/h1-8,11-13,20,24,26-27H,9-10H2,(H,22,23)/b18-13+. The molecule has 4 rings (SSSR count). The van der Waals surface area contributed by atoms with Gasteiger partial charge in [0.1, 0.15) is 16.9 Å². The van der Waals surface area contributed by atoms with Crippen molar-refractivity contribution in [3.8, 4) is 11.5 Å². The van der Waals surface area contributed by atoms with E-state index in [2.05, 4.69) is 15.7 Å². The predicted molar refractivity (Wildman–Crippen MR) is 120 cm³/mol. The number of hydrogen-bond acceptors (Lipinski definition) is 8. The van der Waals surface area contributed by atoms with Gasteiger partial charge in [0.25, 0.3) is 5.91 Å². The fourth-order valence-corrected chi connectivity index (χ4v) is 4.70. The second kappa shape index (κ2) is 9.21. The van der Waals surface area contributed by atoms with Crippen LogP contribution in [0.4, 0.5) is 5.13 Å². The van der Waals surface area contributed by atoms with Gasteiger partial charge in [-0.05, 0) is 41.5 Å². The lowest BCUT2D eigenvalue weighted by atomic mass is 10.2. The number of phenols is 2. The molecule has 4 N–H and O–H groups in total. The quantitative estimate of drug-likeness (QED) is 0.328. The molecule has 1 unspecified atom stereocenters. The van der Waals surface area contributed by atoms with Gasteiger partial charge >= 0.3 is 0 Å². The molecule has 1 atom stereocenters. The molecule has 1 aromatic heterocycles. The maximum Gasteiger partial charge on any atom is 0.275 e. The van der Waals surface area contributed by atoms with Crippen molar-refractivity contribution in [2.75, 3.05) is 18.4 Å². The van der Waals surface area contributed by atoms with Crippen molar-refractivity contribution in [1.82, 2.24) is 15.4 Å². The maximum absolute atomic E-state index is 13.1. The summed E-state index contributed by atoms with van der Waals surface area (Å²) < 4.78 is 0. The second-order valence-corrected chi connectivity index (χ2v) is 8.53. The van der Waals surface area contributed by atoms with E-state index in [4.69, 9.17) is 0 Å². The molecule has 1 saturated heterocycles. The molecule has 1 aliphatic heterocycles. The summed E-state index contributed by atoms with van der Waals surface area (Å²) in [5, 5.41) is 26.4. The Hall–Kier alpha value is -3.01. The first-order valence-electron chi connectivity index (χ1n) is 9.27. The molecule has 0 bridgehead atoms. The minimum absolute atomic E-state index is 0.125. The number of thiazole rings is 1. The van der Waals surface area contributed by atoms with Crippen LogP contribution < -0.4 is 10.7 Å². The van der Waals surface area contributed by atoms with Crippen molar-refractivity contribution in [2.24, 2.45) is 0 Å². The van der Waals surface area contributed by atoms with E-state index in [0.717, 1.165) is 16.3 Å². The normalized spacial score (nSPS) is 17.6. The third-order valence-electron chi connectivity index (χ3n) is 4.39. The van der Waals surface area contributed by atoms with Crippen molar-refractivity contribution in [2.45, 2.75) is 5.37 Å². The first kappa shape index (κ1) is 20.3. The third kappa shape index (κ3) is 4.76. The Balaban J connectivity index is 1.51. The van der Waals surface area contributed by atoms with Gasteiger partial charge < -0.3 is 15.5 Å². The Morgan fingerprint density at radius 2 is 1.73 bits per heavy atom. The Kier molecular flexibility index (Phi) is 6.22.